The number of carbonyl (C=O) groups excluding carboxylic acids is 4. The fraction of sp³-hybridized carbons (Fsp3) is 0.200. The maximum atomic E-state index is 11.7. The van der Waals surface area contributed by atoms with E-state index in [1.54, 1.807) is 13.8 Å². The van der Waals surface area contributed by atoms with Crippen LogP contribution < -0.4 is 80.4 Å². The Bertz CT molecular complexity index is 1530. The molecule has 2 N–H and O–H groups in total. The van der Waals surface area contributed by atoms with Crippen LogP contribution in [0.25, 0.3) is 20.4 Å². The van der Waals surface area contributed by atoms with Crippen molar-refractivity contribution in [1.29, 1.82) is 0 Å². The molecule has 4 aromatic heterocycles. The molecule has 0 aliphatic rings. The molecule has 176 valence electrons. The van der Waals surface area contributed by atoms with E-state index >= 15 is 0 Å². The molecule has 0 amide bonds. The van der Waals surface area contributed by atoms with Gasteiger partial charge in [-0.15, -0.1) is 22.7 Å². The van der Waals surface area contributed by atoms with Crippen molar-refractivity contribution in [2.45, 2.75) is 27.7 Å². The Kier molecular flexibility index (Phi) is 11.1. The van der Waals surface area contributed by atoms with E-state index in [1.807, 2.05) is 0 Å². The quantitative estimate of drug-likeness (QED) is 0.182. The Labute approximate surface area is 253 Å². The monoisotopic (exact) mass is 548 g/mol. The minimum absolute atomic E-state index is 0. The van der Waals surface area contributed by atoms with Crippen LogP contribution in [0.15, 0.2) is 9.59 Å². The normalized spacial score (nSPS) is 10.1. The first-order valence-electron chi connectivity index (χ1n) is 9.34. The number of H-pyrrole nitrogens is 2. The van der Waals surface area contributed by atoms with Gasteiger partial charge >= 0.3 is 59.1 Å². The van der Waals surface area contributed by atoms with Crippen LogP contribution in [-0.2, 0) is 0 Å². The summed E-state index contributed by atoms with van der Waals surface area (Å²) in [5.74, 6) is -4.53. The van der Waals surface area contributed by atoms with Crippen molar-refractivity contribution >= 4 is 66.6 Å². The second-order valence-corrected chi connectivity index (χ2v) is 8.99. The van der Waals surface area contributed by atoms with Crippen molar-refractivity contribution in [3.8, 4) is 0 Å². The molecule has 0 radical (unpaired) electrons. The Morgan fingerprint density at radius 1 is 0.694 bits per heavy atom. The largest absolute Gasteiger partial charge is 1.00 e. The van der Waals surface area contributed by atoms with Crippen LogP contribution in [0.4, 0.5) is 0 Å². The number of thiophene rings is 2. The minimum Gasteiger partial charge on any atom is -0.542 e. The molecular formula is C20H14N4Na2O8S2. The second kappa shape index (κ2) is 12.5. The molecule has 4 heterocycles. The number of aryl methyl sites for hydroxylation is 2. The zero-order valence-electron chi connectivity index (χ0n) is 20.0. The zero-order valence-corrected chi connectivity index (χ0v) is 25.6. The number of aromatic nitrogens is 4. The number of aromatic carboxylic acids is 2. The second-order valence-electron chi connectivity index (χ2n) is 6.99. The summed E-state index contributed by atoms with van der Waals surface area (Å²) in [6.07, 6.45) is 0. The van der Waals surface area contributed by atoms with E-state index < -0.39 is 34.7 Å². The summed E-state index contributed by atoms with van der Waals surface area (Å²) < 4.78 is 0. The van der Waals surface area contributed by atoms with E-state index in [0.717, 1.165) is 22.7 Å². The van der Waals surface area contributed by atoms with Gasteiger partial charge in [0.1, 0.15) is 21.6 Å². The summed E-state index contributed by atoms with van der Waals surface area (Å²) in [5, 5.41) is 21.7. The number of aromatic amines is 2. The predicted molar refractivity (Wildman–Crippen MR) is 119 cm³/mol. The number of rotatable bonds is 4. The molecule has 0 aliphatic heterocycles. The van der Waals surface area contributed by atoms with Crippen molar-refractivity contribution in [1.82, 2.24) is 19.9 Å². The van der Waals surface area contributed by atoms with Gasteiger partial charge in [-0.1, -0.05) is 0 Å². The van der Waals surface area contributed by atoms with Crippen molar-refractivity contribution in [2.24, 2.45) is 0 Å². The average Bonchev–Trinajstić information content (AvgIpc) is 3.26. The van der Waals surface area contributed by atoms with Crippen molar-refractivity contribution in [3.63, 3.8) is 0 Å². The van der Waals surface area contributed by atoms with Gasteiger partial charge in [0.2, 0.25) is 0 Å². The molecule has 36 heavy (non-hydrogen) atoms. The van der Waals surface area contributed by atoms with Crippen molar-refractivity contribution < 1.29 is 88.5 Å². The molecule has 0 aliphatic carbocycles. The van der Waals surface area contributed by atoms with Gasteiger partial charge in [-0.2, -0.15) is 0 Å². The summed E-state index contributed by atoms with van der Waals surface area (Å²) in [6.45, 7) is 6.02. The fourth-order valence-corrected chi connectivity index (χ4v) is 5.31. The van der Waals surface area contributed by atoms with Gasteiger partial charge in [0.05, 0.1) is 20.5 Å². The summed E-state index contributed by atoms with van der Waals surface area (Å²) >= 11 is 2.01. The van der Waals surface area contributed by atoms with Gasteiger partial charge in [-0.25, -0.2) is 9.97 Å². The van der Waals surface area contributed by atoms with Crippen LogP contribution in [0, 0.1) is 13.8 Å². The van der Waals surface area contributed by atoms with E-state index in [-0.39, 0.29) is 91.1 Å². The van der Waals surface area contributed by atoms with E-state index in [9.17, 15) is 39.0 Å². The first kappa shape index (κ1) is 32.0. The molecule has 0 fully saturated rings. The van der Waals surface area contributed by atoms with E-state index in [1.165, 1.54) is 13.8 Å². The van der Waals surface area contributed by atoms with Crippen LogP contribution in [0.5, 0.6) is 0 Å². The smallest absolute Gasteiger partial charge is 0.542 e. The molecule has 0 aromatic carbocycles. The molecule has 0 atom stereocenters. The van der Waals surface area contributed by atoms with Crippen LogP contribution in [0.1, 0.15) is 65.6 Å². The van der Waals surface area contributed by atoms with Crippen LogP contribution >= 0.6 is 22.7 Å². The first-order valence-corrected chi connectivity index (χ1v) is 11.0. The Morgan fingerprint density at radius 3 is 1.25 bits per heavy atom. The van der Waals surface area contributed by atoms with Crippen molar-refractivity contribution in [2.75, 3.05) is 0 Å². The number of carboxylic acid groups (broad SMARTS) is 2. The van der Waals surface area contributed by atoms with Gasteiger partial charge in [-0.05, 0) is 38.8 Å². The Morgan fingerprint density at radius 2 is 1.00 bits per heavy atom. The number of carbonyl (C=O) groups is 4. The SMILES string of the molecule is CC(=O)c1sc2nc(C(=O)[O-])[nH]c(=O)c2c1C.CC(=O)c1sc2nc(C(=O)[O-])[nH]c(=O)c2c1C.[Na+].[Na+]. The number of Topliss-reactive ketones (excluding diaryl/α,β-unsaturated/α-hetero) is 2. The van der Waals surface area contributed by atoms with E-state index in [0.29, 0.717) is 20.9 Å². The number of ketones is 2. The predicted octanol–water partition coefficient (Wildman–Crippen LogP) is -6.27. The van der Waals surface area contributed by atoms with Crippen LogP contribution in [0.3, 0.4) is 0 Å². The summed E-state index contributed by atoms with van der Waals surface area (Å²) in [4.78, 5) is 80.2. The number of hydrogen-bond donors (Lipinski definition) is 2. The summed E-state index contributed by atoms with van der Waals surface area (Å²) in [6, 6.07) is 0. The molecule has 4 aromatic rings. The fourth-order valence-electron chi connectivity index (χ4n) is 3.15. The first-order chi connectivity index (χ1) is 15.8. The van der Waals surface area contributed by atoms with E-state index in [4.69, 9.17) is 0 Å². The third kappa shape index (κ3) is 6.26. The van der Waals surface area contributed by atoms with Gasteiger partial charge in [0.25, 0.3) is 11.1 Å². The summed E-state index contributed by atoms with van der Waals surface area (Å²) in [7, 11) is 0. The number of carboxylic acids is 2. The maximum Gasteiger partial charge on any atom is 1.00 e. The molecule has 0 bridgehead atoms. The summed E-state index contributed by atoms with van der Waals surface area (Å²) in [5.41, 5.74) is -0.0989. The molecule has 0 saturated carbocycles. The average molecular weight is 548 g/mol. The molecule has 0 unspecified atom stereocenters. The molecular weight excluding hydrogens is 534 g/mol. The van der Waals surface area contributed by atoms with Gasteiger partial charge in [-0.3, -0.25) is 19.2 Å². The topological polar surface area (TPSA) is 206 Å². The standard InChI is InChI=1S/2C10H8N2O4S.2Na/c2*1-3-5-8(14)11-7(10(15)16)12-9(5)17-6(3)4(2)13;;/h2*1-2H3,(H,15,16)(H,11,12,14);;/q;;2*+1/p-2. The minimum atomic E-state index is -1.56. The van der Waals surface area contributed by atoms with Crippen molar-refractivity contribution in [3.05, 3.63) is 53.2 Å². The molecule has 0 saturated heterocycles. The van der Waals surface area contributed by atoms with Gasteiger partial charge in [0, 0.05) is 0 Å². The molecule has 12 nitrogen and oxygen atoms in total. The third-order valence-corrected chi connectivity index (χ3v) is 7.20. The van der Waals surface area contributed by atoms with Crippen LogP contribution in [0.2, 0.25) is 0 Å². The van der Waals surface area contributed by atoms with Gasteiger partial charge < -0.3 is 29.8 Å². The Balaban J connectivity index is 0.000000341. The number of nitrogens with zero attached hydrogens (tertiary/aromatic N) is 2. The van der Waals surface area contributed by atoms with E-state index in [2.05, 4.69) is 19.9 Å². The number of fused-ring (bicyclic) bond motifs is 2. The maximum absolute atomic E-state index is 11.7. The van der Waals surface area contributed by atoms with Gasteiger partial charge in [0.15, 0.2) is 23.2 Å². The zero-order chi connectivity index (χ0) is 25.5. The number of hydrogen-bond acceptors (Lipinski definition) is 12. The third-order valence-electron chi connectivity index (χ3n) is 4.63. The van der Waals surface area contributed by atoms with Crippen LogP contribution in [-0.4, -0.2) is 43.4 Å². The number of nitrogens with one attached hydrogen (secondary N) is 2. The molecule has 16 heteroatoms. The molecule has 4 rings (SSSR count). The molecule has 0 spiro atoms. The Hall–Kier alpha value is -2.04.